The number of benzene rings is 2. The molecule has 2 aromatic carbocycles. The van der Waals surface area contributed by atoms with Gasteiger partial charge in [-0.15, -0.1) is 0 Å². The normalized spacial score (nSPS) is 23.1. The highest BCUT2D eigenvalue weighted by Crippen LogP contribution is 2.40. The van der Waals surface area contributed by atoms with Crippen molar-refractivity contribution in [1.82, 2.24) is 15.8 Å². The second-order valence-electron chi connectivity index (χ2n) is 8.70. The molecule has 0 unspecified atom stereocenters. The SMILES string of the molecule is BC1(B)ONC(=O)c2cccc3[nH]c(-c4ccc([C@]5(B)CCCN5)c(F)c4)c1c23. The molecule has 5 nitrogen and oxygen atoms in total. The van der Waals surface area contributed by atoms with Crippen LogP contribution in [0, 0.1) is 5.82 Å². The maximum atomic E-state index is 15.2. The monoisotopic (exact) mass is 387 g/mol. The van der Waals surface area contributed by atoms with Crippen LogP contribution in [0.25, 0.3) is 22.2 Å². The van der Waals surface area contributed by atoms with Gasteiger partial charge in [0.25, 0.3) is 5.91 Å². The number of amides is 1. The van der Waals surface area contributed by atoms with E-state index in [1.807, 2.05) is 40.0 Å². The largest absolute Gasteiger partial charge is 0.354 e. The summed E-state index contributed by atoms with van der Waals surface area (Å²) in [5, 5.41) is 3.45. The van der Waals surface area contributed by atoms with E-state index in [0.29, 0.717) is 11.1 Å². The number of hydrogen-bond donors (Lipinski definition) is 3. The Balaban J connectivity index is 1.72. The predicted octanol–water partition coefficient (Wildman–Crippen LogP) is 0.195. The number of carbonyl (C=O) groups is 1. The van der Waals surface area contributed by atoms with Gasteiger partial charge in [-0.05, 0) is 43.1 Å². The van der Waals surface area contributed by atoms with Gasteiger partial charge in [-0.3, -0.25) is 9.63 Å². The molecule has 1 saturated heterocycles. The smallest absolute Gasteiger partial charge is 0.275 e. The Morgan fingerprint density at radius 2 is 1.97 bits per heavy atom. The molecule has 3 heterocycles. The van der Waals surface area contributed by atoms with E-state index in [0.717, 1.165) is 47.1 Å². The highest BCUT2D eigenvalue weighted by molar-refractivity contribution is 6.41. The zero-order valence-corrected chi connectivity index (χ0v) is 16.8. The molecule has 1 atom stereocenters. The summed E-state index contributed by atoms with van der Waals surface area (Å²) >= 11 is 0. The molecule has 0 aliphatic carbocycles. The van der Waals surface area contributed by atoms with E-state index in [2.05, 4.69) is 23.6 Å². The Kier molecular flexibility index (Phi) is 3.99. The standard InChI is InChI=1S/C20H21B3FN3O2/c21-19(7-2-8-25-19)12-6-5-10(9-13(12)24)17-16-15-11(3-1-4-14(15)26-17)18(28)27-29-20(16,22)23/h1,3-6,9,25-26H,2,7-8,21-23H2,(H,27,28)/t19-/m0/s1. The van der Waals surface area contributed by atoms with Gasteiger partial charge in [-0.2, -0.15) is 0 Å². The lowest BCUT2D eigenvalue weighted by Crippen LogP contribution is -2.38. The van der Waals surface area contributed by atoms with Gasteiger partial charge < -0.3 is 10.3 Å². The molecule has 1 aromatic heterocycles. The minimum atomic E-state index is -0.788. The average Bonchev–Trinajstić information content (AvgIpc) is 3.28. The van der Waals surface area contributed by atoms with Crippen molar-refractivity contribution in [2.45, 2.75) is 23.7 Å². The molecular weight excluding hydrogens is 366 g/mol. The average molecular weight is 387 g/mol. The first kappa shape index (κ1) is 18.5. The van der Waals surface area contributed by atoms with E-state index in [9.17, 15) is 4.79 Å². The zero-order valence-electron chi connectivity index (χ0n) is 16.8. The van der Waals surface area contributed by atoms with Crippen molar-refractivity contribution in [2.75, 3.05) is 6.54 Å². The van der Waals surface area contributed by atoms with Gasteiger partial charge in [0.05, 0.1) is 16.7 Å². The molecule has 0 spiro atoms. The number of carbonyl (C=O) groups excluding carboxylic acids is 1. The third-order valence-corrected chi connectivity index (χ3v) is 6.29. The fraction of sp³-hybridized carbons (Fsp3) is 0.250. The molecule has 144 valence electrons. The van der Waals surface area contributed by atoms with Gasteiger partial charge in [0, 0.05) is 27.5 Å². The summed E-state index contributed by atoms with van der Waals surface area (Å²) in [4.78, 5) is 21.6. The lowest BCUT2D eigenvalue weighted by Gasteiger charge is -2.27. The molecule has 2 aliphatic heterocycles. The van der Waals surface area contributed by atoms with E-state index < -0.39 is 5.40 Å². The fourth-order valence-corrected chi connectivity index (χ4v) is 4.78. The van der Waals surface area contributed by atoms with Crippen LogP contribution < -0.4 is 10.8 Å². The first-order chi connectivity index (χ1) is 13.8. The lowest BCUT2D eigenvalue weighted by molar-refractivity contribution is -0.000557. The number of rotatable bonds is 2. The van der Waals surface area contributed by atoms with Crippen molar-refractivity contribution in [3.8, 4) is 11.3 Å². The molecular formula is C20H21B3FN3O2. The molecule has 29 heavy (non-hydrogen) atoms. The molecule has 3 aromatic rings. The molecule has 0 saturated carbocycles. The van der Waals surface area contributed by atoms with E-state index in [4.69, 9.17) is 4.84 Å². The van der Waals surface area contributed by atoms with Gasteiger partial charge in [-0.25, -0.2) is 9.87 Å². The number of nitrogens with one attached hydrogen (secondary N) is 3. The second-order valence-corrected chi connectivity index (χ2v) is 8.70. The minimum absolute atomic E-state index is 0.230. The van der Waals surface area contributed by atoms with Crippen LogP contribution in [0.3, 0.4) is 0 Å². The molecule has 1 amide bonds. The third-order valence-electron chi connectivity index (χ3n) is 6.29. The van der Waals surface area contributed by atoms with Crippen LogP contribution in [0.5, 0.6) is 0 Å². The van der Waals surface area contributed by atoms with Crippen LogP contribution in [0.4, 0.5) is 4.39 Å². The van der Waals surface area contributed by atoms with Crippen molar-refractivity contribution in [3.63, 3.8) is 0 Å². The second kappa shape index (κ2) is 6.24. The van der Waals surface area contributed by atoms with Gasteiger partial charge >= 0.3 is 0 Å². The summed E-state index contributed by atoms with van der Waals surface area (Å²) in [6.45, 7) is 0.902. The van der Waals surface area contributed by atoms with Gasteiger partial charge in [0.2, 0.25) is 0 Å². The van der Waals surface area contributed by atoms with Crippen LogP contribution in [0.1, 0.15) is 34.3 Å². The third kappa shape index (κ3) is 2.75. The molecule has 0 bridgehead atoms. The van der Waals surface area contributed by atoms with Crippen molar-refractivity contribution >= 4 is 40.3 Å². The molecule has 1 fully saturated rings. The van der Waals surface area contributed by atoms with E-state index in [-0.39, 0.29) is 17.2 Å². The van der Waals surface area contributed by atoms with Crippen LogP contribution >= 0.6 is 0 Å². The number of halogens is 1. The molecule has 2 aliphatic rings. The highest BCUT2D eigenvalue weighted by Gasteiger charge is 2.36. The Morgan fingerprint density at radius 1 is 1.14 bits per heavy atom. The number of aromatic amines is 1. The number of aromatic nitrogens is 1. The Labute approximate surface area is 171 Å². The first-order valence-corrected chi connectivity index (χ1v) is 9.99. The summed E-state index contributed by atoms with van der Waals surface area (Å²) in [6, 6.07) is 10.9. The quantitative estimate of drug-likeness (QED) is 0.551. The number of hydrogen-bond acceptors (Lipinski definition) is 3. The summed E-state index contributed by atoms with van der Waals surface area (Å²) in [7, 11) is 5.85. The van der Waals surface area contributed by atoms with Crippen LogP contribution in [0.15, 0.2) is 36.4 Å². The van der Waals surface area contributed by atoms with Crippen LogP contribution in [0.2, 0.25) is 0 Å². The highest BCUT2D eigenvalue weighted by atomic mass is 19.1. The maximum absolute atomic E-state index is 15.2. The Morgan fingerprint density at radius 3 is 2.69 bits per heavy atom. The summed E-state index contributed by atoms with van der Waals surface area (Å²) in [5.41, 5.74) is 6.61. The van der Waals surface area contributed by atoms with Gasteiger partial charge in [0.1, 0.15) is 29.4 Å². The lowest BCUT2D eigenvalue weighted by atomic mass is 9.60. The molecule has 9 heteroatoms. The van der Waals surface area contributed by atoms with Gasteiger partial charge in [-0.1, -0.05) is 18.2 Å². The fourth-order valence-electron chi connectivity index (χ4n) is 4.78. The van der Waals surface area contributed by atoms with Crippen molar-refractivity contribution in [2.24, 2.45) is 0 Å². The van der Waals surface area contributed by atoms with Gasteiger partial charge in [0.15, 0.2) is 0 Å². The Hall–Kier alpha value is -2.51. The van der Waals surface area contributed by atoms with Crippen LogP contribution in [-0.4, -0.2) is 41.0 Å². The molecule has 3 N–H and O–H groups in total. The van der Waals surface area contributed by atoms with E-state index in [1.165, 1.54) is 0 Å². The van der Waals surface area contributed by atoms with E-state index >= 15 is 4.39 Å². The summed E-state index contributed by atoms with van der Waals surface area (Å²) in [5.74, 6) is -0.512. The summed E-state index contributed by atoms with van der Waals surface area (Å²) < 4.78 is 15.2. The van der Waals surface area contributed by atoms with Crippen molar-refractivity contribution < 1.29 is 14.0 Å². The first-order valence-electron chi connectivity index (χ1n) is 9.99. The Bertz CT molecular complexity index is 1160. The molecule has 5 rings (SSSR count). The van der Waals surface area contributed by atoms with Crippen LogP contribution in [-0.2, 0) is 15.7 Å². The topological polar surface area (TPSA) is 66.1 Å². The predicted molar refractivity (Wildman–Crippen MR) is 118 cm³/mol. The molecule has 0 radical (unpaired) electrons. The number of H-pyrrole nitrogens is 1. The minimum Gasteiger partial charge on any atom is -0.354 e. The van der Waals surface area contributed by atoms with Crippen molar-refractivity contribution in [3.05, 3.63) is 58.9 Å². The van der Waals surface area contributed by atoms with Crippen molar-refractivity contribution in [1.29, 1.82) is 0 Å². The summed E-state index contributed by atoms with van der Waals surface area (Å²) in [6.07, 6.45) is 1.96. The maximum Gasteiger partial charge on any atom is 0.275 e. The van der Waals surface area contributed by atoms with E-state index in [1.54, 1.807) is 12.1 Å². The zero-order chi connectivity index (χ0) is 20.4. The number of hydroxylamine groups is 1.